The lowest BCUT2D eigenvalue weighted by Crippen LogP contribution is -2.03. The van der Waals surface area contributed by atoms with Crippen molar-refractivity contribution < 1.29 is 25.9 Å². The molecule has 0 aliphatic rings. The van der Waals surface area contributed by atoms with Gasteiger partial charge in [0, 0.05) is 16.8 Å². The summed E-state index contributed by atoms with van der Waals surface area (Å²) in [5.74, 6) is 0. The summed E-state index contributed by atoms with van der Waals surface area (Å²) in [6.45, 7) is 0. The lowest BCUT2D eigenvalue weighted by atomic mass is 10.1. The van der Waals surface area contributed by atoms with Crippen LogP contribution in [0.3, 0.4) is 0 Å². The fraction of sp³-hybridized carbons (Fsp3) is 0. The second-order valence-electron chi connectivity index (χ2n) is 3.82. The lowest BCUT2D eigenvalue weighted by Gasteiger charge is -2.05. The minimum absolute atomic E-state index is 0.130. The highest BCUT2D eigenvalue weighted by atomic mass is 32.2. The summed E-state index contributed by atoms with van der Waals surface area (Å²) in [5, 5.41) is 8.43. The van der Waals surface area contributed by atoms with E-state index in [1.807, 2.05) is 0 Å². The molecule has 0 amide bonds. The molecule has 0 atom stereocenters. The first-order valence-corrected chi connectivity index (χ1v) is 7.90. The van der Waals surface area contributed by atoms with Crippen LogP contribution in [-0.2, 0) is 20.2 Å². The molecule has 0 aliphatic carbocycles. The van der Waals surface area contributed by atoms with E-state index in [4.69, 9.17) is 9.95 Å². The van der Waals surface area contributed by atoms with E-state index in [1.54, 1.807) is 0 Å². The molecule has 10 heteroatoms. The van der Waals surface area contributed by atoms with Crippen LogP contribution in [0.15, 0.2) is 40.1 Å². The maximum absolute atomic E-state index is 11.4. The predicted molar refractivity (Wildman–Crippen MR) is 68.3 cm³/mol. The van der Waals surface area contributed by atoms with Gasteiger partial charge in [-0.1, -0.05) is 12.1 Å². The van der Waals surface area contributed by atoms with Crippen molar-refractivity contribution >= 4 is 36.7 Å². The fourth-order valence-electron chi connectivity index (χ4n) is 1.86. The van der Waals surface area contributed by atoms with Crippen LogP contribution in [-0.4, -0.2) is 25.9 Å². The van der Waals surface area contributed by atoms with E-state index in [9.17, 15) is 21.4 Å². The van der Waals surface area contributed by atoms with Gasteiger partial charge in [-0.3, -0.25) is 9.11 Å². The number of fused-ring (bicyclic) bond motifs is 1. The zero-order valence-corrected chi connectivity index (χ0v) is 11.3. The number of nitrogens with zero attached hydrogens (tertiary/aromatic N) is 2. The summed E-state index contributed by atoms with van der Waals surface area (Å²) in [5.41, 5.74) is -0.451. The normalized spacial score (nSPS) is 12.2. The Morgan fingerprint density at radius 3 is 2.05 bits per heavy atom. The Balaban J connectivity index is 3.11. The quantitative estimate of drug-likeness (QED) is 0.636. The average molecular weight is 315 g/mol. The van der Waals surface area contributed by atoms with E-state index in [0.717, 1.165) is 18.2 Å². The van der Waals surface area contributed by atoms with Gasteiger partial charge in [0.25, 0.3) is 10.1 Å². The van der Waals surface area contributed by atoms with Gasteiger partial charge < -0.3 is 0 Å². The molecular weight excluding hydrogens is 308 g/mol. The maximum atomic E-state index is 11.4. The van der Waals surface area contributed by atoms with Crippen LogP contribution in [0.4, 0.5) is 5.69 Å². The van der Waals surface area contributed by atoms with Crippen molar-refractivity contribution in [3.63, 3.8) is 0 Å². The van der Waals surface area contributed by atoms with Crippen LogP contribution in [0.2, 0.25) is 0 Å². The molecule has 0 saturated carbocycles. The zero-order valence-electron chi connectivity index (χ0n) is 9.63. The fourth-order valence-corrected chi connectivity index (χ4v) is 3.40. The van der Waals surface area contributed by atoms with E-state index < -0.39 is 35.7 Å². The number of hydrogen-bond donors (Lipinski definition) is 2. The first-order valence-electron chi connectivity index (χ1n) is 5.02. The van der Waals surface area contributed by atoms with Crippen LogP contribution in [0, 0.1) is 5.39 Å². The van der Waals surface area contributed by atoms with E-state index in [0.29, 0.717) is 0 Å². The van der Waals surface area contributed by atoms with Crippen molar-refractivity contribution in [2.45, 2.75) is 9.79 Å². The Hall–Kier alpha value is -2.06. The molecule has 0 saturated heterocycles. The largest absolute Gasteiger partial charge is 0.406 e. The predicted octanol–water partition coefficient (Wildman–Crippen LogP) is 1.82. The summed E-state index contributed by atoms with van der Waals surface area (Å²) in [7, 11) is -9.35. The van der Waals surface area contributed by atoms with Gasteiger partial charge in [0.1, 0.15) is 4.90 Å². The third-order valence-electron chi connectivity index (χ3n) is 2.59. The smallest absolute Gasteiger partial charge is 0.282 e. The Labute approximate surface area is 113 Å². The zero-order chi connectivity index (χ0) is 15.1. The van der Waals surface area contributed by atoms with Gasteiger partial charge in [-0.15, -0.1) is 0 Å². The Morgan fingerprint density at radius 2 is 1.55 bits per heavy atom. The molecule has 2 rings (SSSR count). The molecule has 8 nitrogen and oxygen atoms in total. The second-order valence-corrected chi connectivity index (χ2v) is 6.56. The van der Waals surface area contributed by atoms with Crippen LogP contribution < -0.4 is 0 Å². The average Bonchev–Trinajstić information content (AvgIpc) is 2.34. The summed E-state index contributed by atoms with van der Waals surface area (Å²) in [6.07, 6.45) is 0. The minimum Gasteiger partial charge on any atom is -0.282 e. The van der Waals surface area contributed by atoms with Crippen molar-refractivity contribution in [2.75, 3.05) is 0 Å². The highest BCUT2D eigenvalue weighted by molar-refractivity contribution is 7.86. The highest BCUT2D eigenvalue weighted by Gasteiger charge is 2.29. The van der Waals surface area contributed by atoms with Gasteiger partial charge in [-0.2, -0.15) is 16.8 Å². The highest BCUT2D eigenvalue weighted by Crippen LogP contribution is 2.35. The molecule has 20 heavy (non-hydrogen) atoms. The topological polar surface area (TPSA) is 137 Å². The van der Waals surface area contributed by atoms with Crippen molar-refractivity contribution in [1.29, 1.82) is 5.39 Å². The van der Waals surface area contributed by atoms with Gasteiger partial charge in [0.15, 0.2) is 9.87 Å². The van der Waals surface area contributed by atoms with Gasteiger partial charge in [0.2, 0.25) is 5.39 Å². The Kier molecular flexibility index (Phi) is 3.23. The number of hydrogen-bond acceptors (Lipinski definition) is 5. The van der Waals surface area contributed by atoms with E-state index in [1.165, 1.54) is 12.1 Å². The van der Waals surface area contributed by atoms with Crippen LogP contribution >= 0.6 is 0 Å². The molecule has 2 N–H and O–H groups in total. The van der Waals surface area contributed by atoms with Gasteiger partial charge >= 0.3 is 15.8 Å². The molecule has 2 aromatic rings. The molecule has 0 unspecified atom stereocenters. The molecule has 0 spiro atoms. The summed E-state index contributed by atoms with van der Waals surface area (Å²) in [6, 6.07) is 5.62. The SMILES string of the molecule is N#[N+]c1ccc2c(S(=O)(=O)O)cccc2c1S(=O)(=O)O. The minimum atomic E-state index is -4.76. The number of diazo groups is 1. The Bertz CT molecular complexity index is 957. The Morgan fingerprint density at radius 1 is 0.900 bits per heavy atom. The van der Waals surface area contributed by atoms with Gasteiger partial charge in [0.05, 0.1) is 0 Å². The molecule has 2 aromatic carbocycles. The first-order chi connectivity index (χ1) is 9.16. The summed E-state index contributed by atoms with van der Waals surface area (Å²) in [4.78, 5) is 1.46. The molecule has 0 fully saturated rings. The standard InChI is InChI=1S/C10H6N2O6S2/c11-12-8-5-4-6-7(10(8)20(16,17)18)2-1-3-9(6)19(13,14)15/h1-5H,(H-,13,14,15,16,17,18)/p+1. The number of rotatable bonds is 2. The monoisotopic (exact) mass is 315 g/mol. The summed E-state index contributed by atoms with van der Waals surface area (Å²) >= 11 is 0. The van der Waals surface area contributed by atoms with Gasteiger partial charge in [-0.05, 0) is 12.1 Å². The summed E-state index contributed by atoms with van der Waals surface area (Å²) < 4.78 is 63.5. The van der Waals surface area contributed by atoms with Crippen molar-refractivity contribution in [3.05, 3.63) is 35.3 Å². The van der Waals surface area contributed by atoms with Crippen LogP contribution in [0.1, 0.15) is 0 Å². The molecule has 0 heterocycles. The van der Waals surface area contributed by atoms with Gasteiger partial charge in [-0.25, -0.2) is 0 Å². The third-order valence-corrected chi connectivity index (χ3v) is 4.45. The van der Waals surface area contributed by atoms with Crippen molar-refractivity contribution in [3.8, 4) is 0 Å². The maximum Gasteiger partial charge on any atom is 0.406 e. The number of benzene rings is 2. The van der Waals surface area contributed by atoms with Crippen LogP contribution in [0.5, 0.6) is 0 Å². The van der Waals surface area contributed by atoms with E-state index in [-0.39, 0.29) is 10.8 Å². The molecule has 0 aromatic heterocycles. The molecule has 0 bridgehead atoms. The van der Waals surface area contributed by atoms with E-state index >= 15 is 0 Å². The molecule has 0 radical (unpaired) electrons. The first kappa shape index (κ1) is 14.4. The van der Waals surface area contributed by atoms with E-state index in [2.05, 4.69) is 4.98 Å². The van der Waals surface area contributed by atoms with Crippen molar-refractivity contribution in [2.24, 2.45) is 0 Å². The molecule has 104 valence electrons. The third kappa shape index (κ3) is 2.35. The lowest BCUT2D eigenvalue weighted by molar-refractivity contribution is 0.481. The van der Waals surface area contributed by atoms with Crippen LogP contribution in [0.25, 0.3) is 15.7 Å². The second kappa shape index (κ2) is 4.50. The molecular formula is C10H7N2O6S2+. The molecule has 0 aliphatic heterocycles. The van der Waals surface area contributed by atoms with Crippen molar-refractivity contribution in [1.82, 2.24) is 0 Å².